The first-order valence-corrected chi connectivity index (χ1v) is 5.79. The quantitative estimate of drug-likeness (QED) is 0.769. The summed E-state index contributed by atoms with van der Waals surface area (Å²) in [6, 6.07) is 9.74. The number of halogens is 1. The van der Waals surface area contributed by atoms with E-state index in [9.17, 15) is 0 Å². The van der Waals surface area contributed by atoms with Gasteiger partial charge in [0.25, 0.3) is 0 Å². The van der Waals surface area contributed by atoms with Gasteiger partial charge in [0.05, 0.1) is 0 Å². The van der Waals surface area contributed by atoms with Crippen LogP contribution in [-0.4, -0.2) is 9.97 Å². The van der Waals surface area contributed by atoms with Crippen molar-refractivity contribution in [2.24, 2.45) is 0 Å². The van der Waals surface area contributed by atoms with Crippen LogP contribution in [0.1, 0.15) is 25.3 Å². The molecule has 1 heterocycles. The van der Waals surface area contributed by atoms with Gasteiger partial charge >= 0.3 is 6.01 Å². The van der Waals surface area contributed by atoms with Gasteiger partial charge in [-0.25, -0.2) is 4.98 Å². The lowest BCUT2D eigenvalue weighted by Crippen LogP contribution is -1.92. The Kier molecular flexibility index (Phi) is 3.59. The summed E-state index contributed by atoms with van der Waals surface area (Å²) < 4.78 is 5.49. The van der Waals surface area contributed by atoms with Crippen molar-refractivity contribution in [1.82, 2.24) is 9.97 Å². The minimum atomic E-state index is 0.259. The Labute approximate surface area is 105 Å². The van der Waals surface area contributed by atoms with Crippen molar-refractivity contribution in [1.29, 1.82) is 0 Å². The van der Waals surface area contributed by atoms with Gasteiger partial charge in [-0.1, -0.05) is 37.6 Å². The lowest BCUT2D eigenvalue weighted by molar-refractivity contribution is 0.441. The van der Waals surface area contributed by atoms with E-state index in [2.05, 4.69) is 23.8 Å². The summed E-state index contributed by atoms with van der Waals surface area (Å²) in [5, 5.41) is 0.369. The van der Waals surface area contributed by atoms with Crippen LogP contribution in [-0.2, 0) is 0 Å². The molecule has 0 spiro atoms. The zero-order valence-electron chi connectivity index (χ0n) is 9.72. The molecule has 2 aromatic rings. The van der Waals surface area contributed by atoms with Gasteiger partial charge in [-0.2, -0.15) is 4.98 Å². The Morgan fingerprint density at radius 1 is 1.12 bits per heavy atom. The molecule has 4 heteroatoms. The van der Waals surface area contributed by atoms with E-state index in [0.29, 0.717) is 16.8 Å². The van der Waals surface area contributed by atoms with Gasteiger partial charge in [-0.3, -0.25) is 0 Å². The molecule has 0 aliphatic heterocycles. The smallest absolute Gasteiger partial charge is 0.323 e. The minimum absolute atomic E-state index is 0.259. The van der Waals surface area contributed by atoms with Crippen LogP contribution >= 0.6 is 11.6 Å². The standard InChI is InChI=1S/C13H13ClN2O/c1-9(2)10-3-5-11(6-4-10)17-13-15-8-7-12(14)16-13/h3-9H,1-2H3. The maximum Gasteiger partial charge on any atom is 0.323 e. The molecule has 0 aliphatic rings. The highest BCUT2D eigenvalue weighted by molar-refractivity contribution is 6.29. The summed E-state index contributed by atoms with van der Waals surface area (Å²) >= 11 is 5.75. The molecule has 0 aliphatic carbocycles. The summed E-state index contributed by atoms with van der Waals surface area (Å²) in [5.74, 6) is 1.21. The highest BCUT2D eigenvalue weighted by atomic mass is 35.5. The minimum Gasteiger partial charge on any atom is -0.424 e. The second-order valence-electron chi connectivity index (χ2n) is 3.99. The van der Waals surface area contributed by atoms with Crippen LogP contribution in [0.25, 0.3) is 0 Å². The first-order valence-electron chi connectivity index (χ1n) is 5.41. The fraction of sp³-hybridized carbons (Fsp3) is 0.231. The molecule has 17 heavy (non-hydrogen) atoms. The number of rotatable bonds is 3. The third kappa shape index (κ3) is 3.17. The fourth-order valence-electron chi connectivity index (χ4n) is 1.40. The lowest BCUT2D eigenvalue weighted by atomic mass is 10.0. The monoisotopic (exact) mass is 248 g/mol. The molecule has 3 nitrogen and oxygen atoms in total. The Morgan fingerprint density at radius 2 is 1.82 bits per heavy atom. The van der Waals surface area contributed by atoms with Crippen molar-refractivity contribution in [2.75, 3.05) is 0 Å². The normalized spacial score (nSPS) is 10.6. The van der Waals surface area contributed by atoms with Gasteiger partial charge in [0.15, 0.2) is 0 Å². The maximum absolute atomic E-state index is 5.75. The summed E-state index contributed by atoms with van der Waals surface area (Å²) in [6.45, 7) is 4.30. The predicted molar refractivity (Wildman–Crippen MR) is 67.6 cm³/mol. The molecule has 0 amide bonds. The highest BCUT2D eigenvalue weighted by Gasteiger charge is 2.02. The van der Waals surface area contributed by atoms with Crippen molar-refractivity contribution in [3.8, 4) is 11.8 Å². The Hall–Kier alpha value is -1.61. The second-order valence-corrected chi connectivity index (χ2v) is 4.37. The summed E-state index contributed by atoms with van der Waals surface area (Å²) in [5.41, 5.74) is 1.27. The zero-order chi connectivity index (χ0) is 12.3. The number of hydrogen-bond acceptors (Lipinski definition) is 3. The molecule has 0 atom stereocenters. The average Bonchev–Trinajstić information content (AvgIpc) is 2.29. The number of aromatic nitrogens is 2. The molecule has 1 aromatic carbocycles. The molecule has 0 fully saturated rings. The first-order chi connectivity index (χ1) is 8.15. The largest absolute Gasteiger partial charge is 0.424 e. The Morgan fingerprint density at radius 3 is 2.41 bits per heavy atom. The molecule has 2 rings (SSSR count). The SMILES string of the molecule is CC(C)c1ccc(Oc2nccc(Cl)n2)cc1. The van der Waals surface area contributed by atoms with Crippen molar-refractivity contribution < 1.29 is 4.74 Å². The molecule has 0 bridgehead atoms. The number of ether oxygens (including phenoxy) is 1. The molecular formula is C13H13ClN2O. The third-order valence-corrected chi connectivity index (χ3v) is 2.57. The van der Waals surface area contributed by atoms with Crippen LogP contribution in [0.4, 0.5) is 0 Å². The number of hydrogen-bond donors (Lipinski definition) is 0. The molecular weight excluding hydrogens is 236 g/mol. The van der Waals surface area contributed by atoms with E-state index >= 15 is 0 Å². The maximum atomic E-state index is 5.75. The highest BCUT2D eigenvalue weighted by Crippen LogP contribution is 2.22. The fourth-order valence-corrected chi connectivity index (χ4v) is 1.52. The molecule has 0 N–H and O–H groups in total. The topological polar surface area (TPSA) is 35.0 Å². The molecule has 0 unspecified atom stereocenters. The Balaban J connectivity index is 2.14. The van der Waals surface area contributed by atoms with E-state index < -0.39 is 0 Å². The van der Waals surface area contributed by atoms with Gasteiger partial charge in [0.2, 0.25) is 0 Å². The van der Waals surface area contributed by atoms with Gasteiger partial charge < -0.3 is 4.74 Å². The van der Waals surface area contributed by atoms with Crippen molar-refractivity contribution in [2.45, 2.75) is 19.8 Å². The van der Waals surface area contributed by atoms with Crippen molar-refractivity contribution >= 4 is 11.6 Å². The predicted octanol–water partition coefficient (Wildman–Crippen LogP) is 4.05. The molecule has 0 saturated heterocycles. The van der Waals surface area contributed by atoms with E-state index in [1.54, 1.807) is 12.3 Å². The van der Waals surface area contributed by atoms with Crippen LogP contribution in [0, 0.1) is 0 Å². The van der Waals surface area contributed by atoms with E-state index in [4.69, 9.17) is 16.3 Å². The van der Waals surface area contributed by atoms with Crippen LogP contribution in [0.2, 0.25) is 5.15 Å². The summed E-state index contributed by atoms with van der Waals surface area (Å²) in [6.07, 6.45) is 1.56. The number of nitrogens with zero attached hydrogens (tertiary/aromatic N) is 2. The average molecular weight is 249 g/mol. The van der Waals surface area contributed by atoms with Crippen LogP contribution in [0.3, 0.4) is 0 Å². The molecule has 88 valence electrons. The van der Waals surface area contributed by atoms with Gasteiger partial charge in [0, 0.05) is 6.20 Å². The van der Waals surface area contributed by atoms with Crippen molar-refractivity contribution in [3.63, 3.8) is 0 Å². The molecule has 1 aromatic heterocycles. The number of benzene rings is 1. The van der Waals surface area contributed by atoms with Gasteiger partial charge in [-0.05, 0) is 29.7 Å². The van der Waals surface area contributed by atoms with Crippen LogP contribution < -0.4 is 4.74 Å². The molecule has 0 saturated carbocycles. The van der Waals surface area contributed by atoms with E-state index in [-0.39, 0.29) is 6.01 Å². The first kappa shape index (κ1) is 11.9. The van der Waals surface area contributed by atoms with E-state index in [1.807, 2.05) is 24.3 Å². The van der Waals surface area contributed by atoms with Gasteiger partial charge in [0.1, 0.15) is 10.9 Å². The second kappa shape index (κ2) is 5.15. The van der Waals surface area contributed by atoms with Crippen molar-refractivity contribution in [3.05, 3.63) is 47.2 Å². The summed E-state index contributed by atoms with van der Waals surface area (Å²) in [4.78, 5) is 7.93. The van der Waals surface area contributed by atoms with E-state index in [0.717, 1.165) is 0 Å². The third-order valence-electron chi connectivity index (χ3n) is 2.36. The van der Waals surface area contributed by atoms with E-state index in [1.165, 1.54) is 5.56 Å². The molecule has 0 radical (unpaired) electrons. The van der Waals surface area contributed by atoms with Gasteiger partial charge in [-0.15, -0.1) is 0 Å². The lowest BCUT2D eigenvalue weighted by Gasteiger charge is -2.07. The van der Waals surface area contributed by atoms with Crippen LogP contribution in [0.5, 0.6) is 11.8 Å². The van der Waals surface area contributed by atoms with Crippen LogP contribution in [0.15, 0.2) is 36.5 Å². The Bertz CT molecular complexity index is 497. The summed E-state index contributed by atoms with van der Waals surface area (Å²) in [7, 11) is 0. The zero-order valence-corrected chi connectivity index (χ0v) is 10.5.